The lowest BCUT2D eigenvalue weighted by atomic mass is 9.81. The fourth-order valence-corrected chi connectivity index (χ4v) is 4.10. The smallest absolute Gasteiger partial charge is 0.119 e. The van der Waals surface area contributed by atoms with E-state index in [0.717, 1.165) is 30.9 Å². The van der Waals surface area contributed by atoms with Gasteiger partial charge in [-0.15, -0.1) is 0 Å². The van der Waals surface area contributed by atoms with E-state index in [9.17, 15) is 0 Å². The molecule has 2 aliphatic rings. The molecule has 2 aliphatic heterocycles. The first-order valence-electron chi connectivity index (χ1n) is 8.28. The maximum atomic E-state index is 5.41. The summed E-state index contributed by atoms with van der Waals surface area (Å²) in [6.07, 6.45) is 2.14. The van der Waals surface area contributed by atoms with E-state index in [1.165, 1.54) is 22.3 Å². The maximum absolute atomic E-state index is 5.41. The standard InChI is InChI=1S/C20H23NO2/c1-13-8-16-10-18(23-3)6-7-19(16)20-11-15-9-17(22-2)5-4-14(15)12-21(13)20/h4-7,9-10,13,20H,8,11-12H2,1-3H3. The van der Waals surface area contributed by atoms with Crippen molar-refractivity contribution in [3.05, 3.63) is 58.7 Å². The minimum atomic E-state index is 0.458. The lowest BCUT2D eigenvalue weighted by Crippen LogP contribution is -2.44. The molecule has 0 spiro atoms. The van der Waals surface area contributed by atoms with Crippen LogP contribution in [0.15, 0.2) is 36.4 Å². The van der Waals surface area contributed by atoms with E-state index in [-0.39, 0.29) is 0 Å². The molecule has 0 amide bonds. The Morgan fingerprint density at radius 1 is 0.870 bits per heavy atom. The number of rotatable bonds is 2. The molecule has 2 heterocycles. The molecule has 0 N–H and O–H groups in total. The zero-order chi connectivity index (χ0) is 16.0. The third-order valence-corrected chi connectivity index (χ3v) is 5.37. The van der Waals surface area contributed by atoms with Crippen molar-refractivity contribution in [3.8, 4) is 11.5 Å². The fourth-order valence-electron chi connectivity index (χ4n) is 4.10. The van der Waals surface area contributed by atoms with Crippen LogP contribution in [0.2, 0.25) is 0 Å². The molecule has 2 aromatic carbocycles. The van der Waals surface area contributed by atoms with E-state index in [1.807, 2.05) is 0 Å². The first-order chi connectivity index (χ1) is 11.2. The second kappa shape index (κ2) is 5.57. The fraction of sp³-hybridized carbons (Fsp3) is 0.400. The largest absolute Gasteiger partial charge is 0.497 e. The molecule has 2 unspecified atom stereocenters. The number of methoxy groups -OCH3 is 2. The van der Waals surface area contributed by atoms with Crippen molar-refractivity contribution >= 4 is 0 Å². The van der Waals surface area contributed by atoms with Gasteiger partial charge in [-0.2, -0.15) is 0 Å². The minimum absolute atomic E-state index is 0.458. The van der Waals surface area contributed by atoms with Gasteiger partial charge in [-0.25, -0.2) is 0 Å². The molecule has 0 saturated heterocycles. The highest BCUT2D eigenvalue weighted by Crippen LogP contribution is 2.42. The molecule has 0 aliphatic carbocycles. The van der Waals surface area contributed by atoms with Crippen molar-refractivity contribution in [1.82, 2.24) is 4.90 Å². The van der Waals surface area contributed by atoms with Crippen molar-refractivity contribution in [2.24, 2.45) is 0 Å². The van der Waals surface area contributed by atoms with Crippen LogP contribution in [0.5, 0.6) is 11.5 Å². The molecule has 0 fully saturated rings. The monoisotopic (exact) mass is 309 g/mol. The Labute approximate surface area is 137 Å². The molecule has 0 radical (unpaired) electrons. The van der Waals surface area contributed by atoms with Gasteiger partial charge in [0.2, 0.25) is 0 Å². The summed E-state index contributed by atoms with van der Waals surface area (Å²) in [5.74, 6) is 1.92. The SMILES string of the molecule is COc1ccc2c(c1)CC1c3ccc(OC)cc3CC(C)N1C2. The third kappa shape index (κ3) is 2.40. The number of fused-ring (bicyclic) bond motifs is 4. The van der Waals surface area contributed by atoms with Crippen LogP contribution < -0.4 is 9.47 Å². The first kappa shape index (κ1) is 14.6. The maximum Gasteiger partial charge on any atom is 0.119 e. The number of nitrogens with zero attached hydrogens (tertiary/aromatic N) is 1. The van der Waals surface area contributed by atoms with Gasteiger partial charge in [-0.3, -0.25) is 4.90 Å². The highest BCUT2D eigenvalue weighted by molar-refractivity contribution is 5.44. The van der Waals surface area contributed by atoms with Crippen LogP contribution in [0.4, 0.5) is 0 Å². The molecule has 23 heavy (non-hydrogen) atoms. The van der Waals surface area contributed by atoms with Gasteiger partial charge in [0.05, 0.1) is 14.2 Å². The van der Waals surface area contributed by atoms with Gasteiger partial charge in [0.15, 0.2) is 0 Å². The van der Waals surface area contributed by atoms with Crippen molar-refractivity contribution in [2.45, 2.75) is 38.4 Å². The summed E-state index contributed by atoms with van der Waals surface area (Å²) in [7, 11) is 3.48. The van der Waals surface area contributed by atoms with Crippen molar-refractivity contribution < 1.29 is 9.47 Å². The van der Waals surface area contributed by atoms with E-state index in [0.29, 0.717) is 12.1 Å². The molecule has 0 bridgehead atoms. The van der Waals surface area contributed by atoms with Crippen LogP contribution in [0.1, 0.15) is 35.2 Å². The van der Waals surface area contributed by atoms with Crippen molar-refractivity contribution in [1.29, 1.82) is 0 Å². The predicted molar refractivity (Wildman–Crippen MR) is 91.1 cm³/mol. The summed E-state index contributed by atoms with van der Waals surface area (Å²) < 4.78 is 10.8. The number of ether oxygens (including phenoxy) is 2. The van der Waals surface area contributed by atoms with Gasteiger partial charge in [0.25, 0.3) is 0 Å². The Balaban J connectivity index is 1.75. The summed E-state index contributed by atoms with van der Waals surface area (Å²) in [6, 6.07) is 14.1. The molecule has 4 rings (SSSR count). The quantitative estimate of drug-likeness (QED) is 0.843. The van der Waals surface area contributed by atoms with E-state index in [4.69, 9.17) is 9.47 Å². The van der Waals surface area contributed by atoms with Crippen LogP contribution in [0.3, 0.4) is 0 Å². The zero-order valence-corrected chi connectivity index (χ0v) is 14.0. The van der Waals surface area contributed by atoms with Gasteiger partial charge in [-0.1, -0.05) is 12.1 Å². The van der Waals surface area contributed by atoms with Crippen molar-refractivity contribution in [3.63, 3.8) is 0 Å². The van der Waals surface area contributed by atoms with Crippen LogP contribution in [0, 0.1) is 0 Å². The number of hydrogen-bond donors (Lipinski definition) is 0. The van der Waals surface area contributed by atoms with E-state index < -0.39 is 0 Å². The first-order valence-corrected chi connectivity index (χ1v) is 8.28. The predicted octanol–water partition coefficient (Wildman–Crippen LogP) is 3.75. The Hall–Kier alpha value is -2.00. The average Bonchev–Trinajstić information content (AvgIpc) is 2.59. The lowest BCUT2D eigenvalue weighted by Gasteiger charge is -2.45. The van der Waals surface area contributed by atoms with Gasteiger partial charge >= 0.3 is 0 Å². The summed E-state index contributed by atoms with van der Waals surface area (Å²) in [4.78, 5) is 2.64. The van der Waals surface area contributed by atoms with Crippen molar-refractivity contribution in [2.75, 3.05) is 14.2 Å². The number of hydrogen-bond acceptors (Lipinski definition) is 3. The van der Waals surface area contributed by atoms with E-state index >= 15 is 0 Å². The van der Waals surface area contributed by atoms with E-state index in [1.54, 1.807) is 14.2 Å². The molecular formula is C20H23NO2. The van der Waals surface area contributed by atoms with Gasteiger partial charge < -0.3 is 9.47 Å². The third-order valence-electron chi connectivity index (χ3n) is 5.37. The van der Waals surface area contributed by atoms with Gasteiger partial charge in [0.1, 0.15) is 11.5 Å². The van der Waals surface area contributed by atoms with Crippen LogP contribution in [-0.2, 0) is 19.4 Å². The average molecular weight is 309 g/mol. The highest BCUT2D eigenvalue weighted by atomic mass is 16.5. The minimum Gasteiger partial charge on any atom is -0.497 e. The molecule has 0 aromatic heterocycles. The van der Waals surface area contributed by atoms with Crippen LogP contribution in [0.25, 0.3) is 0 Å². The Bertz CT molecular complexity index is 740. The summed E-state index contributed by atoms with van der Waals surface area (Å²) in [5.41, 5.74) is 5.74. The lowest BCUT2D eigenvalue weighted by molar-refractivity contribution is 0.106. The van der Waals surface area contributed by atoms with Crippen LogP contribution >= 0.6 is 0 Å². The molecule has 2 aromatic rings. The second-order valence-electron chi connectivity index (χ2n) is 6.64. The Morgan fingerprint density at radius 3 is 2.30 bits per heavy atom. The molecular weight excluding hydrogens is 286 g/mol. The van der Waals surface area contributed by atoms with Crippen LogP contribution in [-0.4, -0.2) is 25.2 Å². The zero-order valence-electron chi connectivity index (χ0n) is 14.0. The Morgan fingerprint density at radius 2 is 1.57 bits per heavy atom. The molecule has 3 heteroatoms. The summed E-state index contributed by atoms with van der Waals surface area (Å²) in [5, 5.41) is 0. The summed E-state index contributed by atoms with van der Waals surface area (Å²) >= 11 is 0. The number of benzene rings is 2. The van der Waals surface area contributed by atoms with E-state index in [2.05, 4.69) is 48.2 Å². The molecule has 0 saturated carbocycles. The summed E-state index contributed by atoms with van der Waals surface area (Å²) in [6.45, 7) is 3.36. The second-order valence-corrected chi connectivity index (χ2v) is 6.64. The van der Waals surface area contributed by atoms with Gasteiger partial charge in [-0.05, 0) is 66.3 Å². The molecule has 120 valence electrons. The topological polar surface area (TPSA) is 21.7 Å². The highest BCUT2D eigenvalue weighted by Gasteiger charge is 2.35. The molecule has 2 atom stereocenters. The van der Waals surface area contributed by atoms with Gasteiger partial charge in [0, 0.05) is 18.6 Å². The Kier molecular flexibility index (Phi) is 3.53. The normalized spacial score (nSPS) is 22.7. The molecule has 3 nitrogen and oxygen atoms in total.